The number of aromatic nitrogens is 3. The lowest BCUT2D eigenvalue weighted by Crippen LogP contribution is -1.83. The molecule has 0 aliphatic rings. The van der Waals surface area contributed by atoms with Crippen LogP contribution in [-0.2, 0) is 0 Å². The minimum Gasteiger partial charge on any atom is -0.343 e. The summed E-state index contributed by atoms with van der Waals surface area (Å²) in [6.07, 6.45) is 5.06. The molecule has 0 aliphatic carbocycles. The molecule has 0 amide bonds. The number of nitrogens with one attached hydrogen (secondary N) is 1. The fraction of sp³-hybridized carbons (Fsp3) is 0. The third kappa shape index (κ3) is 0.914. The number of hydrogen-bond donors (Lipinski definition) is 1. The highest BCUT2D eigenvalue weighted by Gasteiger charge is 1.99. The molecule has 0 atom stereocenters. The number of imidazole rings is 1. The maximum absolute atomic E-state index is 4.79. The molecular weight excluding hydrogens is 158 g/mol. The Kier molecular flexibility index (Phi) is 1.40. The van der Waals surface area contributed by atoms with Crippen molar-refractivity contribution in [2.45, 2.75) is 0 Å². The van der Waals surface area contributed by atoms with Crippen molar-refractivity contribution in [2.75, 3.05) is 0 Å². The molecule has 2 aromatic heterocycles. The molecule has 1 N–H and O–H groups in total. The van der Waals surface area contributed by atoms with Gasteiger partial charge in [0.25, 0.3) is 0 Å². The Balaban J connectivity index is 2.88. The Morgan fingerprint density at radius 1 is 1.45 bits per heavy atom. The Bertz CT molecular complexity index is 393. The van der Waals surface area contributed by atoms with Crippen LogP contribution in [0.3, 0.4) is 0 Å². The Morgan fingerprint density at radius 3 is 3.18 bits per heavy atom. The molecule has 0 fully saturated rings. The molecule has 0 unspecified atom stereocenters. The number of aromatic amines is 1. The molecule has 3 nitrogen and oxygen atoms in total. The molecule has 2 rings (SSSR count). The van der Waals surface area contributed by atoms with E-state index in [2.05, 4.69) is 15.0 Å². The van der Waals surface area contributed by atoms with E-state index < -0.39 is 0 Å². The average Bonchev–Trinajstić information content (AvgIpc) is 2.50. The molecule has 0 bridgehead atoms. The van der Waals surface area contributed by atoms with Gasteiger partial charge in [0.15, 0.2) is 0 Å². The van der Waals surface area contributed by atoms with Gasteiger partial charge in [-0.25, -0.2) is 4.98 Å². The molecule has 0 saturated heterocycles. The summed E-state index contributed by atoms with van der Waals surface area (Å²) in [7, 11) is 0. The number of pyridine rings is 1. The quantitative estimate of drug-likeness (QED) is 0.644. The SMILES string of the molecule is S=Cc1cncc2[nH]cnc12. The lowest BCUT2D eigenvalue weighted by molar-refractivity contribution is 1.33. The van der Waals surface area contributed by atoms with Gasteiger partial charge in [0.2, 0.25) is 0 Å². The number of fused-ring (bicyclic) bond motifs is 1. The molecule has 2 heterocycles. The Hall–Kier alpha value is -1.29. The largest absolute Gasteiger partial charge is 0.343 e. The molecule has 0 aliphatic heterocycles. The highest BCUT2D eigenvalue weighted by molar-refractivity contribution is 7.79. The van der Waals surface area contributed by atoms with Crippen molar-refractivity contribution in [2.24, 2.45) is 0 Å². The zero-order chi connectivity index (χ0) is 7.68. The lowest BCUT2D eigenvalue weighted by Gasteiger charge is -1.90. The first-order valence-corrected chi connectivity index (χ1v) is 3.61. The van der Waals surface area contributed by atoms with Crippen LogP contribution in [0.1, 0.15) is 5.56 Å². The van der Waals surface area contributed by atoms with Crippen LogP contribution in [-0.4, -0.2) is 20.3 Å². The molecular formula is C7H5N3S. The van der Waals surface area contributed by atoms with Gasteiger partial charge in [0.05, 0.1) is 23.6 Å². The Morgan fingerprint density at radius 2 is 2.36 bits per heavy atom. The first-order valence-electron chi connectivity index (χ1n) is 3.14. The van der Waals surface area contributed by atoms with Crippen LogP contribution in [0, 0.1) is 0 Å². The van der Waals surface area contributed by atoms with Crippen LogP contribution in [0.2, 0.25) is 0 Å². The highest BCUT2D eigenvalue weighted by atomic mass is 32.1. The van der Waals surface area contributed by atoms with Crippen LogP contribution in [0.5, 0.6) is 0 Å². The number of rotatable bonds is 1. The summed E-state index contributed by atoms with van der Waals surface area (Å²) < 4.78 is 0. The zero-order valence-electron chi connectivity index (χ0n) is 5.61. The number of hydrogen-bond acceptors (Lipinski definition) is 3. The molecule has 2 aromatic rings. The molecule has 54 valence electrons. The van der Waals surface area contributed by atoms with E-state index >= 15 is 0 Å². The van der Waals surface area contributed by atoms with E-state index in [1.807, 2.05) is 0 Å². The van der Waals surface area contributed by atoms with Crippen molar-refractivity contribution in [3.8, 4) is 0 Å². The predicted molar refractivity (Wildman–Crippen MR) is 46.6 cm³/mol. The van der Waals surface area contributed by atoms with Crippen LogP contribution in [0.4, 0.5) is 0 Å². The maximum Gasteiger partial charge on any atom is 0.0994 e. The second kappa shape index (κ2) is 2.39. The van der Waals surface area contributed by atoms with Gasteiger partial charge in [-0.3, -0.25) is 4.98 Å². The predicted octanol–water partition coefficient (Wildman–Crippen LogP) is 1.31. The first kappa shape index (κ1) is 6.42. The summed E-state index contributed by atoms with van der Waals surface area (Å²) in [5.41, 5.74) is 2.69. The molecule has 0 radical (unpaired) electrons. The monoisotopic (exact) mass is 163 g/mol. The summed E-state index contributed by atoms with van der Waals surface area (Å²) in [5.74, 6) is 0. The van der Waals surface area contributed by atoms with Crippen LogP contribution >= 0.6 is 12.2 Å². The van der Waals surface area contributed by atoms with Crippen molar-refractivity contribution in [3.05, 3.63) is 24.3 Å². The van der Waals surface area contributed by atoms with Crippen LogP contribution < -0.4 is 0 Å². The average molecular weight is 163 g/mol. The Labute approximate surface area is 68.5 Å². The minimum absolute atomic E-state index is 0.884. The topological polar surface area (TPSA) is 41.6 Å². The zero-order valence-corrected chi connectivity index (χ0v) is 6.43. The molecule has 4 heteroatoms. The second-order valence-electron chi connectivity index (χ2n) is 2.15. The van der Waals surface area contributed by atoms with E-state index in [0.29, 0.717) is 0 Å². The van der Waals surface area contributed by atoms with E-state index in [1.165, 1.54) is 0 Å². The minimum atomic E-state index is 0.884. The lowest BCUT2D eigenvalue weighted by atomic mass is 10.3. The van der Waals surface area contributed by atoms with Crippen molar-refractivity contribution in [1.82, 2.24) is 15.0 Å². The smallest absolute Gasteiger partial charge is 0.0994 e. The standard InChI is InChI=1S/C7H5N3S/c11-3-5-1-8-2-6-7(5)10-4-9-6/h1-4H,(H,9,10). The van der Waals surface area contributed by atoms with Crippen LogP contribution in [0.15, 0.2) is 18.7 Å². The number of thiocarbonyl (C=S) groups is 1. The number of H-pyrrole nitrogens is 1. The molecule has 0 aromatic carbocycles. The van der Waals surface area contributed by atoms with E-state index in [4.69, 9.17) is 12.2 Å². The van der Waals surface area contributed by atoms with Crippen molar-refractivity contribution < 1.29 is 0 Å². The van der Waals surface area contributed by atoms with Gasteiger partial charge in [-0.15, -0.1) is 0 Å². The fourth-order valence-electron chi connectivity index (χ4n) is 0.972. The van der Waals surface area contributed by atoms with Gasteiger partial charge >= 0.3 is 0 Å². The van der Waals surface area contributed by atoms with Gasteiger partial charge in [0, 0.05) is 17.1 Å². The summed E-state index contributed by atoms with van der Waals surface area (Å²) in [4.78, 5) is 11.0. The third-order valence-electron chi connectivity index (χ3n) is 1.49. The molecule has 0 saturated carbocycles. The maximum atomic E-state index is 4.79. The first-order chi connectivity index (χ1) is 5.42. The fourth-order valence-corrected chi connectivity index (χ4v) is 1.14. The molecule has 0 spiro atoms. The van der Waals surface area contributed by atoms with Gasteiger partial charge < -0.3 is 4.98 Å². The molecule has 11 heavy (non-hydrogen) atoms. The third-order valence-corrected chi connectivity index (χ3v) is 1.74. The van der Waals surface area contributed by atoms with Gasteiger partial charge in [0.1, 0.15) is 0 Å². The highest BCUT2D eigenvalue weighted by Crippen LogP contribution is 2.09. The number of nitrogens with zero attached hydrogens (tertiary/aromatic N) is 2. The van der Waals surface area contributed by atoms with E-state index in [0.717, 1.165) is 16.6 Å². The normalized spacial score (nSPS) is 10.2. The van der Waals surface area contributed by atoms with E-state index in [1.54, 1.807) is 24.1 Å². The van der Waals surface area contributed by atoms with Gasteiger partial charge in [-0.05, 0) is 0 Å². The van der Waals surface area contributed by atoms with Crippen molar-refractivity contribution >= 4 is 28.6 Å². The van der Waals surface area contributed by atoms with Gasteiger partial charge in [-0.1, -0.05) is 12.2 Å². The van der Waals surface area contributed by atoms with E-state index in [-0.39, 0.29) is 0 Å². The second-order valence-corrected chi connectivity index (χ2v) is 2.38. The van der Waals surface area contributed by atoms with Gasteiger partial charge in [-0.2, -0.15) is 0 Å². The summed E-state index contributed by atoms with van der Waals surface area (Å²) in [6, 6.07) is 0. The van der Waals surface area contributed by atoms with Crippen LogP contribution in [0.25, 0.3) is 11.0 Å². The summed E-state index contributed by atoms with van der Waals surface area (Å²) in [6.45, 7) is 0. The van der Waals surface area contributed by atoms with Crippen molar-refractivity contribution in [3.63, 3.8) is 0 Å². The van der Waals surface area contributed by atoms with E-state index in [9.17, 15) is 0 Å². The summed E-state index contributed by atoms with van der Waals surface area (Å²) >= 11 is 4.79. The summed E-state index contributed by atoms with van der Waals surface area (Å²) in [5, 5.41) is 1.58. The van der Waals surface area contributed by atoms with Crippen molar-refractivity contribution in [1.29, 1.82) is 0 Å².